The number of aromatic nitrogens is 2. The Hall–Kier alpha value is -0.760. The average molecular weight is 221 g/mol. The average Bonchev–Trinajstić information content (AvgIpc) is 2.68. The highest BCUT2D eigenvalue weighted by Gasteiger charge is 1.92. The fraction of sp³-hybridized carbons (Fsp3) is 0.571. The molecule has 1 N–H and O–H groups in total. The van der Waals surface area contributed by atoms with Crippen LogP contribution in [0.2, 0.25) is 0 Å². The van der Waals surface area contributed by atoms with E-state index in [1.54, 1.807) is 0 Å². The number of nitrogens with zero attached hydrogens (tertiary/aromatic N) is 1. The van der Waals surface area contributed by atoms with Crippen LogP contribution in [0.1, 0.15) is 19.8 Å². The normalized spacial score (nSPS) is 11.6. The van der Waals surface area contributed by atoms with Crippen molar-refractivity contribution in [3.05, 3.63) is 18.7 Å². The van der Waals surface area contributed by atoms with Crippen molar-refractivity contribution in [2.75, 3.05) is 0 Å². The van der Waals surface area contributed by atoms with E-state index in [2.05, 4.69) is 27.0 Å². The summed E-state index contributed by atoms with van der Waals surface area (Å²) in [5, 5.41) is 8.52. The Morgan fingerprint density at radius 3 is 2.64 bits per heavy atom. The standard InChI is InChI=1S/C7H12N2.H2O4S/c1-2-3-5-9-6-4-8-7-9;1-4-5(2)3/h4,6-7H,2-3,5H2,1H3;1H,(H,2,3)/p-1. The minimum atomic E-state index is -2.88. The molecule has 0 bridgehead atoms. The largest absolute Gasteiger partial charge is 0.750 e. The molecule has 0 saturated heterocycles. The molecule has 0 aliphatic carbocycles. The summed E-state index contributed by atoms with van der Waals surface area (Å²) in [6.07, 6.45) is 8.50. The van der Waals surface area contributed by atoms with Crippen molar-refractivity contribution >= 4 is 11.4 Å². The van der Waals surface area contributed by atoms with E-state index >= 15 is 0 Å². The van der Waals surface area contributed by atoms with Crippen LogP contribution in [0, 0.1) is 0 Å². The fourth-order valence-electron chi connectivity index (χ4n) is 0.800. The summed E-state index contributed by atoms with van der Waals surface area (Å²) >= 11 is -2.88. The predicted octanol–water partition coefficient (Wildman–Crippen LogP) is -0.825. The Morgan fingerprint density at radius 2 is 2.29 bits per heavy atom. The first-order valence-corrected chi connectivity index (χ1v) is 5.12. The van der Waals surface area contributed by atoms with Crippen LogP contribution >= 0.6 is 0 Å². The van der Waals surface area contributed by atoms with Crippen LogP contribution in [-0.2, 0) is 22.2 Å². The second-order valence-electron chi connectivity index (χ2n) is 2.48. The van der Waals surface area contributed by atoms with Crippen molar-refractivity contribution in [3.8, 4) is 0 Å². The van der Waals surface area contributed by atoms with E-state index in [9.17, 15) is 0 Å². The quantitative estimate of drug-likeness (QED) is 0.311. The van der Waals surface area contributed by atoms with Gasteiger partial charge in [-0.1, -0.05) is 13.3 Å². The fourth-order valence-corrected chi connectivity index (χ4v) is 0.800. The van der Waals surface area contributed by atoms with Gasteiger partial charge >= 0.3 is 0 Å². The first-order valence-electron chi connectivity index (χ1n) is 4.12. The molecule has 0 radical (unpaired) electrons. The molecular formula is C7H13N2O4S-. The minimum Gasteiger partial charge on any atom is -0.750 e. The van der Waals surface area contributed by atoms with Crippen molar-refractivity contribution < 1.29 is 22.9 Å². The molecule has 1 atom stereocenters. The third-order valence-electron chi connectivity index (χ3n) is 1.43. The molecule has 0 aliphatic heterocycles. The van der Waals surface area contributed by atoms with Crippen molar-refractivity contribution in [1.29, 1.82) is 0 Å². The number of H-pyrrole nitrogens is 1. The number of aromatic amines is 1. The number of hydrogen-bond donors (Lipinski definition) is 1. The van der Waals surface area contributed by atoms with Gasteiger partial charge in [-0.3, -0.25) is 4.98 Å². The van der Waals surface area contributed by atoms with Gasteiger partial charge in [0.1, 0.15) is 12.4 Å². The van der Waals surface area contributed by atoms with Crippen LogP contribution in [0.15, 0.2) is 18.7 Å². The molecule has 14 heavy (non-hydrogen) atoms. The smallest absolute Gasteiger partial charge is 0.241 e. The summed E-state index contributed by atoms with van der Waals surface area (Å²) in [6, 6.07) is 0. The lowest BCUT2D eigenvalue weighted by Gasteiger charge is -2.05. The second kappa shape index (κ2) is 8.82. The zero-order chi connectivity index (χ0) is 10.8. The molecule has 1 unspecified atom stereocenters. The van der Waals surface area contributed by atoms with Crippen LogP contribution < -0.4 is 9.82 Å². The van der Waals surface area contributed by atoms with Gasteiger partial charge in [-0.15, -0.1) is 0 Å². The first kappa shape index (κ1) is 13.2. The molecule has 0 amide bonds. The SMILES string of the molecule is CCCC[n+]1cc[nH]c1.O=S([O-])O[O-]. The summed E-state index contributed by atoms with van der Waals surface area (Å²) in [5.74, 6) is 0. The van der Waals surface area contributed by atoms with Crippen LogP contribution in [-0.4, -0.2) is 13.7 Å². The zero-order valence-corrected chi connectivity index (χ0v) is 8.66. The lowest BCUT2D eigenvalue weighted by atomic mass is 10.3. The molecule has 7 heteroatoms. The molecule has 0 saturated carbocycles. The maximum absolute atomic E-state index is 8.83. The summed E-state index contributed by atoms with van der Waals surface area (Å²) in [4.78, 5) is 3.00. The molecule has 1 aromatic rings. The Kier molecular flexibility index (Phi) is 8.34. The Bertz CT molecular complexity index is 240. The van der Waals surface area contributed by atoms with Crippen LogP contribution in [0.3, 0.4) is 0 Å². The molecule has 0 spiro atoms. The maximum atomic E-state index is 8.83. The summed E-state index contributed by atoms with van der Waals surface area (Å²) in [5.41, 5.74) is 0. The van der Waals surface area contributed by atoms with Crippen molar-refractivity contribution in [1.82, 2.24) is 4.98 Å². The lowest BCUT2D eigenvalue weighted by molar-refractivity contribution is -0.696. The molecule has 1 heterocycles. The third kappa shape index (κ3) is 7.87. The van der Waals surface area contributed by atoms with Gasteiger partial charge in [0.05, 0.1) is 17.9 Å². The summed E-state index contributed by atoms with van der Waals surface area (Å²) in [7, 11) is 0. The number of imidazole rings is 1. The van der Waals surface area contributed by atoms with Gasteiger partial charge < -0.3 is 14.1 Å². The van der Waals surface area contributed by atoms with E-state index in [0.29, 0.717) is 0 Å². The monoisotopic (exact) mass is 221 g/mol. The van der Waals surface area contributed by atoms with E-state index in [-0.39, 0.29) is 0 Å². The number of unbranched alkanes of at least 4 members (excludes halogenated alkanes) is 1. The number of nitrogens with one attached hydrogen (secondary N) is 1. The summed E-state index contributed by atoms with van der Waals surface area (Å²) in [6.45, 7) is 3.34. The van der Waals surface area contributed by atoms with Gasteiger partial charge in [0, 0.05) is 0 Å². The van der Waals surface area contributed by atoms with Gasteiger partial charge in [-0.2, -0.15) is 0 Å². The van der Waals surface area contributed by atoms with Gasteiger partial charge in [-0.05, 0) is 6.42 Å². The van der Waals surface area contributed by atoms with Gasteiger partial charge in [0.2, 0.25) is 6.33 Å². The van der Waals surface area contributed by atoms with Gasteiger partial charge in [0.15, 0.2) is 0 Å². The molecule has 0 fully saturated rings. The molecule has 6 nitrogen and oxygen atoms in total. The molecule has 1 aromatic heterocycles. The third-order valence-corrected chi connectivity index (χ3v) is 1.54. The highest BCUT2D eigenvalue weighted by molar-refractivity contribution is 7.73. The number of rotatable bonds is 4. The summed E-state index contributed by atoms with van der Waals surface area (Å²) < 4.78 is 22.2. The Morgan fingerprint density at radius 1 is 1.64 bits per heavy atom. The predicted molar refractivity (Wildman–Crippen MR) is 45.9 cm³/mol. The van der Waals surface area contributed by atoms with E-state index in [1.807, 2.05) is 12.5 Å². The lowest BCUT2D eigenvalue weighted by Crippen LogP contribution is -2.29. The molecule has 0 aliphatic rings. The second-order valence-corrected chi connectivity index (χ2v) is 3.02. The van der Waals surface area contributed by atoms with E-state index in [0.717, 1.165) is 6.54 Å². The molecule has 0 aromatic carbocycles. The number of hydrogen-bond acceptors (Lipinski definition) is 4. The Labute approximate surface area is 85.0 Å². The van der Waals surface area contributed by atoms with Gasteiger partial charge in [0.25, 0.3) is 0 Å². The van der Waals surface area contributed by atoms with Crippen molar-refractivity contribution in [3.63, 3.8) is 0 Å². The van der Waals surface area contributed by atoms with Crippen molar-refractivity contribution in [2.45, 2.75) is 26.3 Å². The maximum Gasteiger partial charge on any atom is 0.241 e. The van der Waals surface area contributed by atoms with Crippen LogP contribution in [0.4, 0.5) is 0 Å². The molecule has 1 rings (SSSR count). The van der Waals surface area contributed by atoms with Crippen LogP contribution in [0.5, 0.6) is 0 Å². The number of aryl methyl sites for hydroxylation is 1. The Balaban J connectivity index is 0.000000292. The molecule has 82 valence electrons. The highest BCUT2D eigenvalue weighted by Crippen LogP contribution is 1.84. The van der Waals surface area contributed by atoms with E-state index in [4.69, 9.17) is 14.0 Å². The highest BCUT2D eigenvalue weighted by atomic mass is 32.2. The zero-order valence-electron chi connectivity index (χ0n) is 7.84. The van der Waals surface area contributed by atoms with E-state index < -0.39 is 11.4 Å². The van der Waals surface area contributed by atoms with Gasteiger partial charge in [-0.25, -0.2) is 8.78 Å². The topological polar surface area (TPSA) is 92.1 Å². The van der Waals surface area contributed by atoms with Crippen molar-refractivity contribution in [2.24, 2.45) is 0 Å². The van der Waals surface area contributed by atoms with Crippen LogP contribution in [0.25, 0.3) is 0 Å². The molecular weight excluding hydrogens is 208 g/mol. The minimum absolute atomic E-state index is 1.14. The first-order chi connectivity index (χ1) is 6.70. The van der Waals surface area contributed by atoms with E-state index in [1.165, 1.54) is 12.8 Å².